The fraction of sp³-hybridized carbons (Fsp3) is 0.231. The van der Waals surface area contributed by atoms with Crippen molar-refractivity contribution in [3.63, 3.8) is 0 Å². The molecule has 0 saturated carbocycles. The Morgan fingerprint density at radius 2 is 1.97 bits per heavy atom. The predicted octanol–water partition coefficient (Wildman–Crippen LogP) is 4.18. The summed E-state index contributed by atoms with van der Waals surface area (Å²) >= 11 is 6.83. The van der Waals surface area contributed by atoms with Crippen molar-refractivity contribution in [3.05, 3.63) is 65.2 Å². The third-order valence-electron chi connectivity index (χ3n) is 5.75. The number of nitrogens with one attached hydrogen (secondary N) is 1. The molecule has 3 aromatic carbocycles. The van der Waals surface area contributed by atoms with E-state index in [1.807, 2.05) is 61.6 Å². The zero-order chi connectivity index (χ0) is 24.4. The molecule has 180 valence electrons. The standard InChI is InChI=1S/C26H25ClN4O4/c1-31-22-11-16(13-28-14-18(33)15-32)5-7-20(22)26(30-31)29-21-4-2-3-19(25(21)27)17-6-8-23-24(12-17)35-10-9-34-23/h2-8,11-13,18,32-33H,9-10,14-15H2,1H3,(H,29,30). The van der Waals surface area contributed by atoms with E-state index in [9.17, 15) is 5.11 Å². The van der Waals surface area contributed by atoms with E-state index in [2.05, 4.69) is 15.4 Å². The number of anilines is 2. The zero-order valence-electron chi connectivity index (χ0n) is 19.1. The fourth-order valence-corrected chi connectivity index (χ4v) is 4.26. The van der Waals surface area contributed by atoms with Crippen LogP contribution in [0.15, 0.2) is 59.6 Å². The Balaban J connectivity index is 1.42. The van der Waals surface area contributed by atoms with Crippen molar-refractivity contribution in [1.29, 1.82) is 0 Å². The summed E-state index contributed by atoms with van der Waals surface area (Å²) in [6, 6.07) is 17.5. The largest absolute Gasteiger partial charge is 0.486 e. The van der Waals surface area contributed by atoms with Crippen LogP contribution < -0.4 is 14.8 Å². The van der Waals surface area contributed by atoms with Crippen LogP contribution in [0.2, 0.25) is 5.02 Å². The smallest absolute Gasteiger partial charge is 0.161 e. The van der Waals surface area contributed by atoms with E-state index in [1.54, 1.807) is 10.9 Å². The molecule has 0 radical (unpaired) electrons. The van der Waals surface area contributed by atoms with Gasteiger partial charge < -0.3 is 25.0 Å². The first-order valence-corrected chi connectivity index (χ1v) is 11.6. The lowest BCUT2D eigenvalue weighted by Gasteiger charge is -2.19. The summed E-state index contributed by atoms with van der Waals surface area (Å²) < 4.78 is 13.1. The number of halogens is 1. The van der Waals surface area contributed by atoms with Crippen molar-refractivity contribution in [3.8, 4) is 22.6 Å². The van der Waals surface area contributed by atoms with Gasteiger partial charge in [-0.15, -0.1) is 0 Å². The summed E-state index contributed by atoms with van der Waals surface area (Å²) in [5.41, 5.74) is 4.33. The highest BCUT2D eigenvalue weighted by atomic mass is 35.5. The van der Waals surface area contributed by atoms with Crippen LogP contribution in [0.4, 0.5) is 11.5 Å². The lowest BCUT2D eigenvalue weighted by atomic mass is 10.0. The molecule has 5 rings (SSSR count). The molecule has 0 amide bonds. The number of hydrogen-bond donors (Lipinski definition) is 3. The van der Waals surface area contributed by atoms with Crippen LogP contribution in [0.1, 0.15) is 5.56 Å². The number of fused-ring (bicyclic) bond motifs is 2. The topological polar surface area (TPSA) is 101 Å². The molecule has 0 aliphatic carbocycles. The molecule has 3 N–H and O–H groups in total. The molecule has 1 atom stereocenters. The van der Waals surface area contributed by atoms with E-state index < -0.39 is 6.10 Å². The third kappa shape index (κ3) is 4.81. The quantitative estimate of drug-likeness (QED) is 0.335. The normalized spacial score (nSPS) is 13.9. The van der Waals surface area contributed by atoms with Gasteiger partial charge in [0.2, 0.25) is 0 Å². The summed E-state index contributed by atoms with van der Waals surface area (Å²) in [4.78, 5) is 4.19. The van der Waals surface area contributed by atoms with Gasteiger partial charge in [0.05, 0.1) is 35.5 Å². The van der Waals surface area contributed by atoms with Gasteiger partial charge in [0.15, 0.2) is 17.3 Å². The van der Waals surface area contributed by atoms with Gasteiger partial charge >= 0.3 is 0 Å². The second-order valence-corrected chi connectivity index (χ2v) is 8.61. The molecule has 0 fully saturated rings. The molecule has 35 heavy (non-hydrogen) atoms. The highest BCUT2D eigenvalue weighted by Gasteiger charge is 2.16. The fourth-order valence-electron chi connectivity index (χ4n) is 3.97. The number of benzene rings is 3. The van der Waals surface area contributed by atoms with Gasteiger partial charge in [0, 0.05) is 24.2 Å². The number of aliphatic imine (C=N–C) groups is 1. The summed E-state index contributed by atoms with van der Waals surface area (Å²) in [5.74, 6) is 2.13. The van der Waals surface area contributed by atoms with Crippen LogP contribution in [0.3, 0.4) is 0 Å². The maximum Gasteiger partial charge on any atom is 0.161 e. The van der Waals surface area contributed by atoms with Gasteiger partial charge in [-0.25, -0.2) is 0 Å². The minimum absolute atomic E-state index is 0.144. The first-order valence-electron chi connectivity index (χ1n) is 11.2. The minimum Gasteiger partial charge on any atom is -0.486 e. The molecular formula is C26H25ClN4O4. The second kappa shape index (κ2) is 9.95. The van der Waals surface area contributed by atoms with E-state index in [1.165, 1.54) is 0 Å². The van der Waals surface area contributed by atoms with Crippen molar-refractivity contribution in [1.82, 2.24) is 9.78 Å². The van der Waals surface area contributed by atoms with Gasteiger partial charge in [-0.05, 0) is 41.5 Å². The molecular weight excluding hydrogens is 468 g/mol. The van der Waals surface area contributed by atoms with Crippen molar-refractivity contribution < 1.29 is 19.7 Å². The van der Waals surface area contributed by atoms with Gasteiger partial charge in [-0.1, -0.05) is 35.9 Å². The number of aromatic nitrogens is 2. The number of hydrogen-bond acceptors (Lipinski definition) is 7. The highest BCUT2D eigenvalue weighted by molar-refractivity contribution is 6.36. The Morgan fingerprint density at radius 3 is 2.80 bits per heavy atom. The van der Waals surface area contributed by atoms with E-state index in [0.717, 1.165) is 39.0 Å². The molecule has 1 unspecified atom stereocenters. The van der Waals surface area contributed by atoms with Crippen LogP contribution in [0.5, 0.6) is 11.5 Å². The van der Waals surface area contributed by atoms with Crippen LogP contribution in [0.25, 0.3) is 22.0 Å². The minimum atomic E-state index is -0.856. The lowest BCUT2D eigenvalue weighted by molar-refractivity contribution is 0.102. The van der Waals surface area contributed by atoms with Crippen molar-refractivity contribution in [2.75, 3.05) is 31.7 Å². The first-order chi connectivity index (χ1) is 17.0. The summed E-state index contributed by atoms with van der Waals surface area (Å²) in [6.07, 6.45) is 0.816. The molecule has 1 aliphatic heterocycles. The summed E-state index contributed by atoms with van der Waals surface area (Å²) in [7, 11) is 1.87. The molecule has 4 aromatic rings. The monoisotopic (exact) mass is 492 g/mol. The molecule has 0 saturated heterocycles. The van der Waals surface area contributed by atoms with E-state index in [-0.39, 0.29) is 13.2 Å². The van der Waals surface area contributed by atoms with Gasteiger partial charge in [-0.3, -0.25) is 9.67 Å². The molecule has 1 aromatic heterocycles. The molecule has 0 spiro atoms. The average molecular weight is 493 g/mol. The molecule has 8 nitrogen and oxygen atoms in total. The summed E-state index contributed by atoms with van der Waals surface area (Å²) in [6.45, 7) is 0.902. The Bertz CT molecular complexity index is 1400. The number of aliphatic hydroxyl groups is 2. The van der Waals surface area contributed by atoms with Crippen LogP contribution >= 0.6 is 11.6 Å². The van der Waals surface area contributed by atoms with Crippen LogP contribution in [0, 0.1) is 0 Å². The Kier molecular flexibility index (Phi) is 6.59. The Hall–Kier alpha value is -3.59. The van der Waals surface area contributed by atoms with Crippen molar-refractivity contribution >= 4 is 40.2 Å². The Labute approximate surface area is 207 Å². The first kappa shape index (κ1) is 23.2. The Morgan fingerprint density at radius 1 is 1.14 bits per heavy atom. The van der Waals surface area contributed by atoms with Gasteiger partial charge in [-0.2, -0.15) is 5.10 Å². The SMILES string of the molecule is Cn1nc(Nc2cccc(-c3ccc4c(c3)OCCO4)c2Cl)c2ccc(C=NCC(O)CO)cc21. The van der Waals surface area contributed by atoms with Crippen LogP contribution in [-0.2, 0) is 7.05 Å². The molecule has 2 heterocycles. The average Bonchev–Trinajstić information content (AvgIpc) is 3.19. The highest BCUT2D eigenvalue weighted by Crippen LogP contribution is 2.40. The van der Waals surface area contributed by atoms with Crippen LogP contribution in [-0.4, -0.2) is 58.7 Å². The zero-order valence-corrected chi connectivity index (χ0v) is 19.9. The number of rotatable bonds is 7. The predicted molar refractivity (Wildman–Crippen MR) is 137 cm³/mol. The van der Waals surface area contributed by atoms with Gasteiger partial charge in [0.25, 0.3) is 0 Å². The number of aliphatic hydroxyl groups excluding tert-OH is 2. The number of nitrogens with zero attached hydrogens (tertiary/aromatic N) is 3. The third-order valence-corrected chi connectivity index (χ3v) is 6.15. The van der Waals surface area contributed by atoms with Gasteiger partial charge in [0.1, 0.15) is 13.2 Å². The maximum atomic E-state index is 9.45. The summed E-state index contributed by atoms with van der Waals surface area (Å²) in [5, 5.41) is 27.9. The lowest BCUT2D eigenvalue weighted by Crippen LogP contribution is -2.15. The van der Waals surface area contributed by atoms with E-state index >= 15 is 0 Å². The molecule has 9 heteroatoms. The van der Waals surface area contributed by atoms with E-state index in [4.69, 9.17) is 26.2 Å². The second-order valence-electron chi connectivity index (χ2n) is 8.23. The van der Waals surface area contributed by atoms with Crippen molar-refractivity contribution in [2.24, 2.45) is 12.0 Å². The van der Waals surface area contributed by atoms with E-state index in [0.29, 0.717) is 29.8 Å². The number of ether oxygens (including phenoxy) is 2. The van der Waals surface area contributed by atoms with Crippen molar-refractivity contribution in [2.45, 2.75) is 6.10 Å². The maximum absolute atomic E-state index is 9.45. The number of aryl methyl sites for hydroxylation is 1. The molecule has 1 aliphatic rings. The molecule has 0 bridgehead atoms.